The Kier molecular flexibility index (Phi) is 4.40. The lowest BCUT2D eigenvalue weighted by Gasteiger charge is -2.27. The van der Waals surface area contributed by atoms with E-state index in [1.807, 2.05) is 6.92 Å². The second kappa shape index (κ2) is 6.10. The zero-order valence-electron chi connectivity index (χ0n) is 14.9. The molecule has 2 fully saturated rings. The van der Waals surface area contributed by atoms with E-state index in [1.54, 1.807) is 4.90 Å². The standard InChI is InChI=1S/C17H26N4O2S/c1-5-12-19-20-15(24-12)21-9-11(8-13(21)22)14(23)18-17(6-7-17)10-16(2,3)4/h11H,5-10H2,1-4H3,(H,18,23). The van der Waals surface area contributed by atoms with Crippen LogP contribution in [-0.4, -0.2) is 34.1 Å². The first kappa shape index (κ1) is 17.3. The Hall–Kier alpha value is -1.50. The summed E-state index contributed by atoms with van der Waals surface area (Å²) in [6.07, 6.45) is 4.12. The molecule has 1 unspecified atom stereocenters. The molecule has 0 radical (unpaired) electrons. The van der Waals surface area contributed by atoms with Gasteiger partial charge in [0.1, 0.15) is 5.01 Å². The molecule has 6 nitrogen and oxygen atoms in total. The first-order chi connectivity index (χ1) is 11.2. The predicted molar refractivity (Wildman–Crippen MR) is 93.9 cm³/mol. The molecule has 1 aliphatic heterocycles. The van der Waals surface area contributed by atoms with Gasteiger partial charge in [-0.2, -0.15) is 0 Å². The Morgan fingerprint density at radius 3 is 2.62 bits per heavy atom. The van der Waals surface area contributed by atoms with Crippen LogP contribution in [0.25, 0.3) is 0 Å². The molecular weight excluding hydrogens is 324 g/mol. The van der Waals surface area contributed by atoms with Crippen molar-refractivity contribution in [3.63, 3.8) is 0 Å². The van der Waals surface area contributed by atoms with E-state index in [9.17, 15) is 9.59 Å². The van der Waals surface area contributed by atoms with Gasteiger partial charge >= 0.3 is 0 Å². The van der Waals surface area contributed by atoms with Gasteiger partial charge in [-0.25, -0.2) is 0 Å². The molecule has 24 heavy (non-hydrogen) atoms. The molecule has 1 saturated heterocycles. The van der Waals surface area contributed by atoms with E-state index in [0.29, 0.717) is 11.7 Å². The van der Waals surface area contributed by atoms with E-state index in [-0.39, 0.29) is 35.1 Å². The fourth-order valence-electron chi connectivity index (χ4n) is 3.44. The third kappa shape index (κ3) is 3.77. The molecule has 132 valence electrons. The molecule has 1 aliphatic carbocycles. The van der Waals surface area contributed by atoms with Crippen molar-refractivity contribution >= 4 is 28.3 Å². The van der Waals surface area contributed by atoms with Gasteiger partial charge in [0.25, 0.3) is 0 Å². The van der Waals surface area contributed by atoms with Crippen LogP contribution in [0.15, 0.2) is 0 Å². The van der Waals surface area contributed by atoms with Crippen molar-refractivity contribution in [1.82, 2.24) is 15.5 Å². The van der Waals surface area contributed by atoms with E-state index < -0.39 is 0 Å². The molecule has 0 bridgehead atoms. The molecule has 1 N–H and O–H groups in total. The fraction of sp³-hybridized carbons (Fsp3) is 0.765. The van der Waals surface area contributed by atoms with Crippen molar-refractivity contribution in [2.75, 3.05) is 11.4 Å². The largest absolute Gasteiger partial charge is 0.350 e. The maximum atomic E-state index is 12.6. The first-order valence-corrected chi connectivity index (χ1v) is 9.48. The molecule has 0 spiro atoms. The maximum absolute atomic E-state index is 12.6. The Morgan fingerprint density at radius 1 is 1.38 bits per heavy atom. The molecule has 2 heterocycles. The van der Waals surface area contributed by atoms with Crippen LogP contribution in [0.5, 0.6) is 0 Å². The van der Waals surface area contributed by atoms with E-state index in [4.69, 9.17) is 0 Å². The Balaban J connectivity index is 1.62. The van der Waals surface area contributed by atoms with Gasteiger partial charge in [-0.15, -0.1) is 10.2 Å². The normalized spacial score (nSPS) is 22.8. The summed E-state index contributed by atoms with van der Waals surface area (Å²) in [4.78, 5) is 26.5. The maximum Gasteiger partial charge on any atom is 0.229 e. The molecule has 3 rings (SSSR count). The third-order valence-electron chi connectivity index (χ3n) is 4.60. The molecule has 2 aliphatic rings. The molecule has 2 amide bonds. The summed E-state index contributed by atoms with van der Waals surface area (Å²) in [6.45, 7) is 9.01. The minimum atomic E-state index is -0.288. The van der Waals surface area contributed by atoms with Crippen LogP contribution in [-0.2, 0) is 16.0 Å². The average molecular weight is 350 g/mol. The van der Waals surface area contributed by atoms with Gasteiger partial charge in [-0.1, -0.05) is 39.0 Å². The van der Waals surface area contributed by atoms with Gasteiger partial charge in [-0.3, -0.25) is 14.5 Å². The van der Waals surface area contributed by atoms with Crippen molar-refractivity contribution in [3.05, 3.63) is 5.01 Å². The number of carbonyl (C=O) groups excluding carboxylic acids is 2. The highest BCUT2D eigenvalue weighted by Gasteiger charge is 2.48. The number of rotatable bonds is 5. The van der Waals surface area contributed by atoms with Crippen molar-refractivity contribution in [1.29, 1.82) is 0 Å². The topological polar surface area (TPSA) is 75.2 Å². The monoisotopic (exact) mass is 350 g/mol. The van der Waals surface area contributed by atoms with E-state index in [2.05, 4.69) is 36.3 Å². The number of anilines is 1. The van der Waals surface area contributed by atoms with Gasteiger partial charge in [0.2, 0.25) is 16.9 Å². The summed E-state index contributed by atoms with van der Waals surface area (Å²) in [7, 11) is 0. The number of nitrogens with zero attached hydrogens (tertiary/aromatic N) is 3. The number of aryl methyl sites for hydroxylation is 1. The second-order valence-corrected chi connectivity index (χ2v) is 9.28. The van der Waals surface area contributed by atoms with Crippen LogP contribution in [0.2, 0.25) is 0 Å². The summed E-state index contributed by atoms with van der Waals surface area (Å²) in [5.74, 6) is -0.314. The summed E-state index contributed by atoms with van der Waals surface area (Å²) in [5.41, 5.74) is 0.133. The lowest BCUT2D eigenvalue weighted by Crippen LogP contribution is -2.43. The molecule has 1 atom stereocenters. The zero-order valence-corrected chi connectivity index (χ0v) is 15.7. The predicted octanol–water partition coefficient (Wildman–Crippen LogP) is 2.54. The van der Waals surface area contributed by atoms with Gasteiger partial charge in [0, 0.05) is 18.5 Å². The molecule has 1 aromatic rings. The number of amides is 2. The summed E-state index contributed by atoms with van der Waals surface area (Å²) < 4.78 is 0. The van der Waals surface area contributed by atoms with Crippen molar-refractivity contribution in [3.8, 4) is 0 Å². The van der Waals surface area contributed by atoms with Crippen LogP contribution < -0.4 is 10.2 Å². The molecule has 0 aromatic carbocycles. The molecular formula is C17H26N4O2S. The Morgan fingerprint density at radius 2 is 2.08 bits per heavy atom. The van der Waals surface area contributed by atoms with Crippen molar-refractivity contribution in [2.45, 2.75) is 65.3 Å². The zero-order chi connectivity index (χ0) is 17.5. The van der Waals surface area contributed by atoms with Crippen LogP contribution in [0.4, 0.5) is 5.13 Å². The Bertz CT molecular complexity index is 645. The van der Waals surface area contributed by atoms with Crippen molar-refractivity contribution < 1.29 is 9.59 Å². The lowest BCUT2D eigenvalue weighted by atomic mass is 9.86. The second-order valence-electron chi connectivity index (χ2n) is 8.24. The smallest absolute Gasteiger partial charge is 0.229 e. The highest BCUT2D eigenvalue weighted by molar-refractivity contribution is 7.15. The van der Waals surface area contributed by atoms with Gasteiger partial charge < -0.3 is 5.32 Å². The van der Waals surface area contributed by atoms with Crippen LogP contribution in [0.3, 0.4) is 0 Å². The summed E-state index contributed by atoms with van der Waals surface area (Å²) >= 11 is 1.43. The van der Waals surface area contributed by atoms with Crippen LogP contribution in [0.1, 0.15) is 58.4 Å². The highest BCUT2D eigenvalue weighted by atomic mass is 32.1. The van der Waals surface area contributed by atoms with E-state index in [0.717, 1.165) is 30.7 Å². The number of carbonyl (C=O) groups is 2. The third-order valence-corrected chi connectivity index (χ3v) is 5.69. The van der Waals surface area contributed by atoms with E-state index in [1.165, 1.54) is 11.3 Å². The number of nitrogens with one attached hydrogen (secondary N) is 1. The minimum Gasteiger partial charge on any atom is -0.350 e. The van der Waals surface area contributed by atoms with Crippen molar-refractivity contribution in [2.24, 2.45) is 11.3 Å². The summed E-state index contributed by atoms with van der Waals surface area (Å²) in [5, 5.41) is 12.9. The summed E-state index contributed by atoms with van der Waals surface area (Å²) in [6, 6.07) is 0. The van der Waals surface area contributed by atoms with Gasteiger partial charge in [-0.05, 0) is 31.1 Å². The van der Waals surface area contributed by atoms with Gasteiger partial charge in [0.05, 0.1) is 5.92 Å². The lowest BCUT2D eigenvalue weighted by molar-refractivity contribution is -0.127. The number of hydrogen-bond acceptors (Lipinski definition) is 5. The van der Waals surface area contributed by atoms with Crippen LogP contribution >= 0.6 is 11.3 Å². The van der Waals surface area contributed by atoms with E-state index >= 15 is 0 Å². The quantitative estimate of drug-likeness (QED) is 0.885. The first-order valence-electron chi connectivity index (χ1n) is 8.66. The molecule has 1 saturated carbocycles. The number of hydrogen-bond donors (Lipinski definition) is 1. The minimum absolute atomic E-state index is 0.00725. The SMILES string of the molecule is CCc1nnc(N2CC(C(=O)NC3(CC(C)(C)C)CC3)CC2=O)s1. The van der Waals surface area contributed by atoms with Crippen LogP contribution in [0, 0.1) is 11.3 Å². The number of aromatic nitrogens is 2. The Labute approximate surface area is 147 Å². The molecule has 7 heteroatoms. The highest BCUT2D eigenvalue weighted by Crippen LogP contribution is 2.45. The fourth-order valence-corrected chi connectivity index (χ4v) is 4.25. The molecule has 1 aromatic heterocycles. The average Bonchev–Trinajstić information content (AvgIpc) is 2.91. The van der Waals surface area contributed by atoms with Gasteiger partial charge in [0.15, 0.2) is 0 Å².